The fraction of sp³-hybridized carbons (Fsp3) is 0.400. The first-order valence-corrected chi connectivity index (χ1v) is 11.1. The van der Waals surface area contributed by atoms with Gasteiger partial charge in [0.15, 0.2) is 5.58 Å². The molecule has 1 aliphatic rings. The standard InChI is InChI=1S/C25H31N3O3/c1-2-13-26-14-4-17-30-21-9-7-19(8-10-21)18-28-15-11-20(12-16-28)22-5-3-6-23-24(22)31-25(29)27-23/h2-3,5-10,20,26H,1,4,11-18H2,(H,27,29). The minimum absolute atomic E-state index is 0.378. The lowest BCUT2D eigenvalue weighted by atomic mass is 9.89. The minimum Gasteiger partial charge on any atom is -0.494 e. The molecular formula is C25H31N3O3. The summed E-state index contributed by atoms with van der Waals surface area (Å²) in [4.78, 5) is 16.8. The summed E-state index contributed by atoms with van der Waals surface area (Å²) in [7, 11) is 0. The van der Waals surface area contributed by atoms with E-state index in [0.29, 0.717) is 12.5 Å². The van der Waals surface area contributed by atoms with E-state index in [0.717, 1.165) is 74.4 Å². The maximum absolute atomic E-state index is 11.6. The molecule has 2 heterocycles. The van der Waals surface area contributed by atoms with Crippen molar-refractivity contribution >= 4 is 11.1 Å². The van der Waals surface area contributed by atoms with Crippen LogP contribution in [0.25, 0.3) is 11.1 Å². The van der Waals surface area contributed by atoms with Crippen molar-refractivity contribution in [2.45, 2.75) is 31.7 Å². The number of ether oxygens (including phenoxy) is 1. The minimum atomic E-state index is -0.378. The smallest absolute Gasteiger partial charge is 0.417 e. The first-order chi connectivity index (χ1) is 15.2. The van der Waals surface area contributed by atoms with Gasteiger partial charge in [-0.1, -0.05) is 30.3 Å². The van der Waals surface area contributed by atoms with E-state index in [4.69, 9.17) is 9.15 Å². The Hall–Kier alpha value is -2.83. The Bertz CT molecular complexity index is 1030. The van der Waals surface area contributed by atoms with E-state index in [-0.39, 0.29) is 5.76 Å². The highest BCUT2D eigenvalue weighted by Gasteiger charge is 2.23. The number of nitrogens with one attached hydrogen (secondary N) is 2. The van der Waals surface area contributed by atoms with Crippen LogP contribution in [0, 0.1) is 0 Å². The number of hydrogen-bond acceptors (Lipinski definition) is 5. The van der Waals surface area contributed by atoms with Crippen LogP contribution in [0.1, 0.15) is 36.3 Å². The Kier molecular flexibility index (Phi) is 7.22. The summed E-state index contributed by atoms with van der Waals surface area (Å²) in [6.07, 6.45) is 4.97. The van der Waals surface area contributed by atoms with Gasteiger partial charge >= 0.3 is 5.76 Å². The van der Waals surface area contributed by atoms with Crippen LogP contribution in [0.15, 0.2) is 64.3 Å². The second-order valence-corrected chi connectivity index (χ2v) is 8.13. The van der Waals surface area contributed by atoms with Crippen molar-refractivity contribution in [1.82, 2.24) is 15.2 Å². The van der Waals surface area contributed by atoms with Gasteiger partial charge in [-0.25, -0.2) is 4.79 Å². The lowest BCUT2D eigenvalue weighted by Crippen LogP contribution is -2.32. The normalized spacial score (nSPS) is 15.4. The van der Waals surface area contributed by atoms with Crippen molar-refractivity contribution in [3.63, 3.8) is 0 Å². The van der Waals surface area contributed by atoms with Crippen LogP contribution in [0.2, 0.25) is 0 Å². The van der Waals surface area contributed by atoms with Gasteiger partial charge in [0, 0.05) is 18.7 Å². The van der Waals surface area contributed by atoms with E-state index in [2.05, 4.69) is 52.1 Å². The van der Waals surface area contributed by atoms with E-state index < -0.39 is 0 Å². The lowest BCUT2D eigenvalue weighted by molar-refractivity contribution is 0.204. The average Bonchev–Trinajstić information content (AvgIpc) is 3.18. The Morgan fingerprint density at radius 2 is 2.00 bits per heavy atom. The monoisotopic (exact) mass is 421 g/mol. The van der Waals surface area contributed by atoms with Crippen LogP contribution in [-0.4, -0.2) is 42.7 Å². The molecule has 0 saturated carbocycles. The van der Waals surface area contributed by atoms with Gasteiger partial charge in [-0.3, -0.25) is 9.88 Å². The fourth-order valence-electron chi connectivity index (χ4n) is 4.26. The van der Waals surface area contributed by atoms with Gasteiger partial charge in [0.05, 0.1) is 12.1 Å². The number of aromatic amines is 1. The Morgan fingerprint density at radius 1 is 1.19 bits per heavy atom. The maximum Gasteiger partial charge on any atom is 0.417 e. The zero-order valence-corrected chi connectivity index (χ0v) is 17.9. The number of hydrogen-bond donors (Lipinski definition) is 2. The Balaban J connectivity index is 1.24. The summed E-state index contributed by atoms with van der Waals surface area (Å²) in [5.41, 5.74) is 3.96. The number of fused-ring (bicyclic) bond motifs is 1. The predicted molar refractivity (Wildman–Crippen MR) is 124 cm³/mol. The number of likely N-dealkylation sites (tertiary alicyclic amines) is 1. The third-order valence-electron chi connectivity index (χ3n) is 5.89. The number of para-hydroxylation sites is 1. The topological polar surface area (TPSA) is 70.5 Å². The number of benzene rings is 2. The molecule has 1 aromatic heterocycles. The number of piperidine rings is 1. The molecule has 164 valence electrons. The van der Waals surface area contributed by atoms with E-state index in [1.807, 2.05) is 18.2 Å². The van der Waals surface area contributed by atoms with Crippen molar-refractivity contribution in [2.75, 3.05) is 32.8 Å². The molecule has 1 aliphatic heterocycles. The molecule has 6 nitrogen and oxygen atoms in total. The second-order valence-electron chi connectivity index (χ2n) is 8.13. The van der Waals surface area contributed by atoms with Crippen LogP contribution < -0.4 is 15.8 Å². The van der Waals surface area contributed by atoms with Crippen LogP contribution in [0.5, 0.6) is 5.75 Å². The molecule has 0 aliphatic carbocycles. The summed E-state index contributed by atoms with van der Waals surface area (Å²) < 4.78 is 11.2. The zero-order chi connectivity index (χ0) is 21.5. The van der Waals surface area contributed by atoms with Crippen molar-refractivity contribution in [3.05, 3.63) is 76.8 Å². The number of aromatic nitrogens is 1. The van der Waals surface area contributed by atoms with Gasteiger partial charge in [0.2, 0.25) is 0 Å². The zero-order valence-electron chi connectivity index (χ0n) is 17.9. The second kappa shape index (κ2) is 10.5. The molecule has 0 bridgehead atoms. The molecule has 0 amide bonds. The predicted octanol–water partition coefficient (Wildman–Crippen LogP) is 4.05. The number of H-pyrrole nitrogens is 1. The van der Waals surface area contributed by atoms with Gasteiger partial charge in [-0.05, 0) is 68.6 Å². The third-order valence-corrected chi connectivity index (χ3v) is 5.89. The highest BCUT2D eigenvalue weighted by molar-refractivity contribution is 5.76. The summed E-state index contributed by atoms with van der Waals surface area (Å²) in [6.45, 7) is 9.19. The van der Waals surface area contributed by atoms with E-state index >= 15 is 0 Å². The Morgan fingerprint density at radius 3 is 2.77 bits per heavy atom. The number of rotatable bonds is 10. The van der Waals surface area contributed by atoms with Crippen molar-refractivity contribution in [3.8, 4) is 5.75 Å². The molecule has 2 aromatic carbocycles. The van der Waals surface area contributed by atoms with Gasteiger partial charge in [0.25, 0.3) is 0 Å². The van der Waals surface area contributed by atoms with E-state index in [9.17, 15) is 4.79 Å². The average molecular weight is 422 g/mol. The van der Waals surface area contributed by atoms with Crippen LogP contribution in [-0.2, 0) is 6.54 Å². The highest BCUT2D eigenvalue weighted by atomic mass is 16.5. The van der Waals surface area contributed by atoms with Crippen LogP contribution in [0.4, 0.5) is 0 Å². The molecule has 2 N–H and O–H groups in total. The van der Waals surface area contributed by atoms with Crippen molar-refractivity contribution < 1.29 is 9.15 Å². The first-order valence-electron chi connectivity index (χ1n) is 11.1. The van der Waals surface area contributed by atoms with Gasteiger partial charge in [-0.15, -0.1) is 6.58 Å². The molecule has 4 rings (SSSR count). The van der Waals surface area contributed by atoms with Crippen molar-refractivity contribution in [2.24, 2.45) is 0 Å². The van der Waals surface area contributed by atoms with Crippen molar-refractivity contribution in [1.29, 1.82) is 0 Å². The number of nitrogens with zero attached hydrogens (tertiary/aromatic N) is 1. The quantitative estimate of drug-likeness (QED) is 0.382. The SMILES string of the molecule is C=CCNCCCOc1ccc(CN2CCC(c3cccc4[nH]c(=O)oc34)CC2)cc1. The van der Waals surface area contributed by atoms with Gasteiger partial charge in [0.1, 0.15) is 5.75 Å². The molecule has 0 unspecified atom stereocenters. The van der Waals surface area contributed by atoms with Gasteiger partial charge < -0.3 is 14.5 Å². The molecule has 0 atom stereocenters. The maximum atomic E-state index is 11.6. The largest absolute Gasteiger partial charge is 0.494 e. The van der Waals surface area contributed by atoms with E-state index in [1.54, 1.807) is 0 Å². The summed E-state index contributed by atoms with van der Waals surface area (Å²) in [5.74, 6) is 0.972. The third kappa shape index (κ3) is 5.66. The molecule has 3 aromatic rings. The molecule has 0 radical (unpaired) electrons. The molecular weight excluding hydrogens is 390 g/mol. The molecule has 1 fully saturated rings. The van der Waals surface area contributed by atoms with Crippen LogP contribution in [0.3, 0.4) is 0 Å². The molecule has 31 heavy (non-hydrogen) atoms. The first kappa shape index (κ1) is 21.4. The molecule has 1 saturated heterocycles. The summed E-state index contributed by atoms with van der Waals surface area (Å²) in [6, 6.07) is 14.4. The lowest BCUT2D eigenvalue weighted by Gasteiger charge is -2.32. The summed E-state index contributed by atoms with van der Waals surface area (Å²) in [5, 5.41) is 3.27. The summed E-state index contributed by atoms with van der Waals surface area (Å²) >= 11 is 0. The Labute approximate surface area is 182 Å². The van der Waals surface area contributed by atoms with Crippen LogP contribution >= 0.6 is 0 Å². The molecule has 0 spiro atoms. The van der Waals surface area contributed by atoms with E-state index in [1.165, 1.54) is 5.56 Å². The van der Waals surface area contributed by atoms with Gasteiger partial charge in [-0.2, -0.15) is 0 Å². The fourth-order valence-corrected chi connectivity index (χ4v) is 4.26. The number of oxazole rings is 1. The molecule has 6 heteroatoms. The highest BCUT2D eigenvalue weighted by Crippen LogP contribution is 2.32.